The first-order valence-corrected chi connectivity index (χ1v) is 4.48. The van der Waals surface area contributed by atoms with Crippen LogP contribution >= 0.6 is 0 Å². The van der Waals surface area contributed by atoms with Crippen LogP contribution in [0, 0.1) is 0 Å². The molecule has 0 aliphatic carbocycles. The van der Waals surface area contributed by atoms with Crippen molar-refractivity contribution in [3.8, 4) is 0 Å². The van der Waals surface area contributed by atoms with Gasteiger partial charge in [0.25, 0.3) is 0 Å². The van der Waals surface area contributed by atoms with Gasteiger partial charge < -0.3 is 16.2 Å². The quantitative estimate of drug-likeness (QED) is 0.481. The van der Waals surface area contributed by atoms with Crippen molar-refractivity contribution in [1.29, 1.82) is 0 Å². The number of rotatable bonds is 6. The van der Waals surface area contributed by atoms with Crippen LogP contribution in [-0.4, -0.2) is 56.7 Å². The van der Waals surface area contributed by atoms with Crippen molar-refractivity contribution in [3.05, 3.63) is 0 Å². The summed E-state index contributed by atoms with van der Waals surface area (Å²) in [6.07, 6.45) is 0. The molecule has 0 aliphatic rings. The fourth-order valence-corrected chi connectivity index (χ4v) is 1.15. The minimum atomic E-state index is -0.852. The van der Waals surface area contributed by atoms with Gasteiger partial charge >= 0.3 is 6.03 Å². The second-order valence-electron chi connectivity index (χ2n) is 3.32. The number of carbonyl (C=O) groups excluding carboxylic acids is 2. The second-order valence-corrected chi connectivity index (χ2v) is 3.32. The average molecular weight is 218 g/mol. The van der Waals surface area contributed by atoms with Crippen LogP contribution in [0.25, 0.3) is 0 Å². The first-order chi connectivity index (χ1) is 6.95. The number of primary amides is 1. The molecule has 0 bridgehead atoms. The van der Waals surface area contributed by atoms with E-state index in [9.17, 15) is 9.59 Å². The van der Waals surface area contributed by atoms with Gasteiger partial charge in [-0.1, -0.05) is 0 Å². The number of hydrogen-bond acceptors (Lipinski definition) is 5. The van der Waals surface area contributed by atoms with Gasteiger partial charge in [-0.15, -0.1) is 0 Å². The number of hydrogen-bond donors (Lipinski definition) is 3. The molecule has 0 saturated heterocycles. The molecule has 0 spiro atoms. The fraction of sp³-hybridized carbons (Fsp3) is 0.750. The highest BCUT2D eigenvalue weighted by Crippen LogP contribution is 1.87. The van der Waals surface area contributed by atoms with Crippen LogP contribution in [0.3, 0.4) is 0 Å². The molecule has 88 valence electrons. The Morgan fingerprint density at radius 3 is 2.60 bits per heavy atom. The molecule has 0 radical (unpaired) electrons. The smallest absolute Gasteiger partial charge is 0.318 e. The minimum Gasteiger partial charge on any atom is -0.383 e. The molecule has 0 heterocycles. The van der Waals surface area contributed by atoms with E-state index in [1.807, 2.05) is 5.32 Å². The van der Waals surface area contributed by atoms with Crippen molar-refractivity contribution < 1.29 is 14.3 Å². The van der Waals surface area contributed by atoms with Gasteiger partial charge in [0.1, 0.15) is 0 Å². The molecular weight excluding hydrogens is 200 g/mol. The van der Waals surface area contributed by atoms with E-state index in [0.717, 1.165) is 0 Å². The number of imide groups is 1. The third kappa shape index (κ3) is 7.86. The van der Waals surface area contributed by atoms with Gasteiger partial charge in [-0.05, 0) is 7.05 Å². The maximum Gasteiger partial charge on any atom is 0.318 e. The number of urea groups is 1. The van der Waals surface area contributed by atoms with Gasteiger partial charge in [-0.25, -0.2) is 4.79 Å². The Morgan fingerprint density at radius 1 is 1.53 bits per heavy atom. The summed E-state index contributed by atoms with van der Waals surface area (Å²) in [5.41, 5.74) is 10.5. The van der Waals surface area contributed by atoms with E-state index < -0.39 is 11.9 Å². The second kappa shape index (κ2) is 7.16. The lowest BCUT2D eigenvalue weighted by Gasteiger charge is -2.19. The first-order valence-electron chi connectivity index (χ1n) is 4.48. The number of carbonyl (C=O) groups is 2. The zero-order chi connectivity index (χ0) is 11.8. The number of nitrogens with two attached hydrogens (primary N) is 2. The predicted octanol–water partition coefficient (Wildman–Crippen LogP) is -1.91. The monoisotopic (exact) mass is 218 g/mol. The molecule has 7 nitrogen and oxygen atoms in total. The van der Waals surface area contributed by atoms with E-state index in [4.69, 9.17) is 16.2 Å². The van der Waals surface area contributed by atoms with Gasteiger partial charge in [-0.2, -0.15) is 0 Å². The van der Waals surface area contributed by atoms with Gasteiger partial charge in [0, 0.05) is 19.7 Å². The Balaban J connectivity index is 3.77. The summed E-state index contributed by atoms with van der Waals surface area (Å²) in [6.45, 7) is 0.988. The van der Waals surface area contributed by atoms with E-state index in [-0.39, 0.29) is 12.6 Å². The molecule has 0 aromatic heterocycles. The van der Waals surface area contributed by atoms with Gasteiger partial charge in [0.2, 0.25) is 5.91 Å². The van der Waals surface area contributed by atoms with E-state index in [1.54, 1.807) is 19.1 Å². The highest BCUT2D eigenvalue weighted by atomic mass is 16.5. The van der Waals surface area contributed by atoms with E-state index >= 15 is 0 Å². The third-order valence-electron chi connectivity index (χ3n) is 1.60. The van der Waals surface area contributed by atoms with Crippen molar-refractivity contribution in [2.24, 2.45) is 11.5 Å². The molecule has 0 rings (SSSR count). The van der Waals surface area contributed by atoms with Crippen molar-refractivity contribution in [3.63, 3.8) is 0 Å². The first kappa shape index (κ1) is 13.8. The lowest BCUT2D eigenvalue weighted by molar-refractivity contribution is -0.120. The number of ether oxygens (including phenoxy) is 1. The van der Waals surface area contributed by atoms with E-state index in [1.165, 1.54) is 0 Å². The molecular formula is C8H18N4O3. The maximum absolute atomic E-state index is 11.1. The number of nitrogens with one attached hydrogen (secondary N) is 1. The number of nitrogens with zero attached hydrogens (tertiary/aromatic N) is 1. The molecule has 0 fully saturated rings. The molecule has 3 amide bonds. The fourth-order valence-electron chi connectivity index (χ4n) is 1.15. The summed E-state index contributed by atoms with van der Waals surface area (Å²) in [4.78, 5) is 23.1. The summed E-state index contributed by atoms with van der Waals surface area (Å²) in [7, 11) is 3.27. The molecule has 1 unspecified atom stereocenters. The Kier molecular flexibility index (Phi) is 6.59. The maximum atomic E-state index is 11.1. The zero-order valence-electron chi connectivity index (χ0n) is 9.03. The molecule has 1 atom stereocenters. The normalized spacial score (nSPS) is 12.5. The topological polar surface area (TPSA) is 111 Å². The standard InChI is InChI=1S/C8H18N4O3/c1-12(3-6(9)5-15-2)4-7(13)11-8(10)14/h6H,3-5,9H2,1-2H3,(H3,10,11,13,14). The lowest BCUT2D eigenvalue weighted by atomic mass is 10.3. The molecule has 7 heteroatoms. The highest BCUT2D eigenvalue weighted by molar-refractivity contribution is 5.94. The molecule has 0 aliphatic heterocycles. The van der Waals surface area contributed by atoms with Crippen LogP contribution in [0.1, 0.15) is 0 Å². The van der Waals surface area contributed by atoms with Crippen molar-refractivity contribution in [1.82, 2.24) is 10.2 Å². The summed E-state index contributed by atoms with van der Waals surface area (Å²) in [5.74, 6) is -0.449. The Hall–Kier alpha value is -1.18. The molecule has 0 aromatic rings. The van der Waals surface area contributed by atoms with Crippen LogP contribution in [0.15, 0.2) is 0 Å². The Morgan fingerprint density at radius 2 is 2.13 bits per heavy atom. The van der Waals surface area contributed by atoms with Gasteiger partial charge in [0.15, 0.2) is 0 Å². The van der Waals surface area contributed by atoms with Gasteiger partial charge in [0.05, 0.1) is 13.2 Å². The highest BCUT2D eigenvalue weighted by Gasteiger charge is 2.11. The van der Waals surface area contributed by atoms with Crippen molar-refractivity contribution >= 4 is 11.9 Å². The molecule has 0 aromatic carbocycles. The summed E-state index contributed by atoms with van der Waals surface area (Å²) in [6, 6.07) is -1.02. The zero-order valence-corrected chi connectivity index (χ0v) is 9.03. The predicted molar refractivity (Wildman–Crippen MR) is 55.1 cm³/mol. The van der Waals surface area contributed by atoms with Crippen LogP contribution in [0.5, 0.6) is 0 Å². The average Bonchev–Trinajstić information content (AvgIpc) is 2.00. The van der Waals surface area contributed by atoms with Crippen molar-refractivity contribution in [2.45, 2.75) is 6.04 Å². The summed E-state index contributed by atoms with van der Waals surface area (Å²) >= 11 is 0. The largest absolute Gasteiger partial charge is 0.383 e. The molecule has 15 heavy (non-hydrogen) atoms. The van der Waals surface area contributed by atoms with Crippen LogP contribution in [-0.2, 0) is 9.53 Å². The minimum absolute atomic E-state index is 0.0698. The Labute approximate surface area is 88.7 Å². The van der Waals surface area contributed by atoms with Crippen LogP contribution in [0.4, 0.5) is 4.79 Å². The molecule has 5 N–H and O–H groups in total. The number of amides is 3. The number of methoxy groups -OCH3 is 1. The third-order valence-corrected chi connectivity index (χ3v) is 1.60. The Bertz CT molecular complexity index is 222. The van der Waals surface area contributed by atoms with E-state index in [2.05, 4.69) is 0 Å². The van der Waals surface area contributed by atoms with Crippen molar-refractivity contribution in [2.75, 3.05) is 33.9 Å². The van der Waals surface area contributed by atoms with Gasteiger partial charge in [-0.3, -0.25) is 15.0 Å². The SMILES string of the molecule is COCC(N)CN(C)CC(=O)NC(N)=O. The van der Waals surface area contributed by atoms with Crippen LogP contribution < -0.4 is 16.8 Å². The number of likely N-dealkylation sites (N-methyl/N-ethyl adjacent to an activating group) is 1. The van der Waals surface area contributed by atoms with Crippen LogP contribution in [0.2, 0.25) is 0 Å². The van der Waals surface area contributed by atoms with E-state index in [0.29, 0.717) is 13.2 Å². The lowest BCUT2D eigenvalue weighted by Crippen LogP contribution is -2.45. The summed E-state index contributed by atoms with van der Waals surface area (Å²) in [5, 5.41) is 1.97. The molecule has 0 saturated carbocycles. The summed E-state index contributed by atoms with van der Waals surface area (Å²) < 4.78 is 4.85.